The Bertz CT molecular complexity index is 451. The molecule has 0 saturated carbocycles. The van der Waals surface area contributed by atoms with Gasteiger partial charge in [-0.15, -0.1) is 0 Å². The Morgan fingerprint density at radius 3 is 2.63 bits per heavy atom. The number of carbonyl (C=O) groups is 2. The van der Waals surface area contributed by atoms with E-state index in [0.29, 0.717) is 17.9 Å². The fraction of sp³-hybridized carbons (Fsp3) is 0.385. The number of amides is 2. The van der Waals surface area contributed by atoms with E-state index in [9.17, 15) is 9.59 Å². The number of halogens is 1. The normalized spacial score (nSPS) is 11.7. The number of benzene rings is 1. The number of carboxylic acids is 1. The van der Waals surface area contributed by atoms with Crippen LogP contribution in [0.25, 0.3) is 0 Å². The molecule has 0 bridgehead atoms. The number of carboxylic acid groups (broad SMARTS) is 1. The van der Waals surface area contributed by atoms with E-state index in [2.05, 4.69) is 10.6 Å². The first-order chi connectivity index (χ1) is 9.04. The van der Waals surface area contributed by atoms with E-state index in [-0.39, 0.29) is 6.54 Å². The Morgan fingerprint density at radius 1 is 1.37 bits per heavy atom. The minimum absolute atomic E-state index is 0.254. The second-order valence-electron chi connectivity index (χ2n) is 4.10. The maximum Gasteiger partial charge on any atom is 0.326 e. The third kappa shape index (κ3) is 5.18. The van der Waals surface area contributed by atoms with Gasteiger partial charge in [0.05, 0.1) is 0 Å². The van der Waals surface area contributed by atoms with Crippen LogP contribution in [-0.2, 0) is 11.3 Å². The van der Waals surface area contributed by atoms with E-state index in [1.54, 1.807) is 18.2 Å². The van der Waals surface area contributed by atoms with Crippen molar-refractivity contribution in [1.29, 1.82) is 0 Å². The maximum absolute atomic E-state index is 11.6. The lowest BCUT2D eigenvalue weighted by Gasteiger charge is -2.14. The summed E-state index contributed by atoms with van der Waals surface area (Å²) in [6.45, 7) is 2.11. The molecule has 1 rings (SSSR count). The highest BCUT2D eigenvalue weighted by molar-refractivity contribution is 6.31. The van der Waals surface area contributed by atoms with E-state index in [0.717, 1.165) is 5.56 Å². The number of carbonyl (C=O) groups excluding carboxylic acids is 1. The molecule has 1 atom stereocenters. The first-order valence-corrected chi connectivity index (χ1v) is 6.43. The Balaban J connectivity index is 2.47. The lowest BCUT2D eigenvalue weighted by Crippen LogP contribution is -2.45. The smallest absolute Gasteiger partial charge is 0.326 e. The minimum Gasteiger partial charge on any atom is -0.480 e. The van der Waals surface area contributed by atoms with Gasteiger partial charge >= 0.3 is 12.0 Å². The summed E-state index contributed by atoms with van der Waals surface area (Å²) < 4.78 is 0. The first kappa shape index (κ1) is 15.3. The van der Waals surface area contributed by atoms with Crippen molar-refractivity contribution in [3.8, 4) is 0 Å². The zero-order chi connectivity index (χ0) is 14.3. The molecule has 0 fully saturated rings. The number of hydrogen-bond acceptors (Lipinski definition) is 2. The lowest BCUT2D eigenvalue weighted by atomic mass is 10.2. The van der Waals surface area contributed by atoms with Crippen molar-refractivity contribution in [2.75, 3.05) is 0 Å². The van der Waals surface area contributed by atoms with Crippen LogP contribution in [0.15, 0.2) is 24.3 Å². The van der Waals surface area contributed by atoms with Crippen LogP contribution >= 0.6 is 11.6 Å². The molecule has 0 aliphatic heterocycles. The van der Waals surface area contributed by atoms with Crippen LogP contribution in [0.1, 0.15) is 25.3 Å². The Kier molecular flexibility index (Phi) is 6.15. The monoisotopic (exact) mass is 284 g/mol. The van der Waals surface area contributed by atoms with Gasteiger partial charge in [-0.25, -0.2) is 9.59 Å². The number of rotatable bonds is 6. The molecule has 0 unspecified atom stereocenters. The number of hydrogen-bond donors (Lipinski definition) is 3. The fourth-order valence-corrected chi connectivity index (χ4v) is 1.78. The van der Waals surface area contributed by atoms with Gasteiger partial charge in [0.25, 0.3) is 0 Å². The van der Waals surface area contributed by atoms with Gasteiger partial charge in [-0.1, -0.05) is 43.1 Å². The summed E-state index contributed by atoms with van der Waals surface area (Å²) in [5, 5.41) is 14.5. The van der Waals surface area contributed by atoms with Crippen LogP contribution in [0.3, 0.4) is 0 Å². The molecule has 0 aliphatic carbocycles. The quantitative estimate of drug-likeness (QED) is 0.750. The van der Waals surface area contributed by atoms with Crippen molar-refractivity contribution < 1.29 is 14.7 Å². The number of aliphatic carboxylic acids is 1. The summed E-state index contributed by atoms with van der Waals surface area (Å²) in [4.78, 5) is 22.5. The average molecular weight is 285 g/mol. The molecular formula is C13H17ClN2O3. The summed E-state index contributed by atoms with van der Waals surface area (Å²) in [7, 11) is 0. The molecular weight excluding hydrogens is 268 g/mol. The fourth-order valence-electron chi connectivity index (χ4n) is 1.57. The highest BCUT2D eigenvalue weighted by Gasteiger charge is 2.18. The van der Waals surface area contributed by atoms with Gasteiger partial charge < -0.3 is 15.7 Å². The second-order valence-corrected chi connectivity index (χ2v) is 4.51. The van der Waals surface area contributed by atoms with Crippen molar-refractivity contribution in [2.24, 2.45) is 0 Å². The van der Waals surface area contributed by atoms with Crippen LogP contribution in [-0.4, -0.2) is 23.1 Å². The zero-order valence-electron chi connectivity index (χ0n) is 10.6. The SMILES string of the molecule is CCC[C@@H](NC(=O)NCc1ccccc1Cl)C(=O)O. The maximum atomic E-state index is 11.6. The Morgan fingerprint density at radius 2 is 2.05 bits per heavy atom. The Hall–Kier alpha value is -1.75. The van der Waals surface area contributed by atoms with E-state index in [1.807, 2.05) is 13.0 Å². The largest absolute Gasteiger partial charge is 0.480 e. The molecule has 0 heterocycles. The van der Waals surface area contributed by atoms with Gasteiger partial charge in [-0.2, -0.15) is 0 Å². The molecule has 0 aliphatic rings. The number of urea groups is 1. The summed E-state index contributed by atoms with van der Waals surface area (Å²) in [5.41, 5.74) is 0.779. The van der Waals surface area contributed by atoms with Crippen molar-refractivity contribution in [1.82, 2.24) is 10.6 Å². The molecule has 1 aromatic rings. The van der Waals surface area contributed by atoms with Gasteiger partial charge in [0, 0.05) is 11.6 Å². The molecule has 0 aromatic heterocycles. The second kappa shape index (κ2) is 7.63. The average Bonchev–Trinajstić information content (AvgIpc) is 2.37. The van der Waals surface area contributed by atoms with Gasteiger partial charge in [0.2, 0.25) is 0 Å². The Labute approximate surface area is 117 Å². The summed E-state index contributed by atoms with van der Waals surface area (Å²) in [6.07, 6.45) is 1.08. The third-order valence-electron chi connectivity index (χ3n) is 2.58. The van der Waals surface area contributed by atoms with Gasteiger partial charge in [0.15, 0.2) is 0 Å². The highest BCUT2D eigenvalue weighted by atomic mass is 35.5. The molecule has 6 heteroatoms. The molecule has 104 valence electrons. The summed E-state index contributed by atoms with van der Waals surface area (Å²) in [5.74, 6) is -1.03. The molecule has 5 nitrogen and oxygen atoms in total. The van der Waals surface area contributed by atoms with Crippen LogP contribution in [0, 0.1) is 0 Å². The first-order valence-electron chi connectivity index (χ1n) is 6.05. The highest BCUT2D eigenvalue weighted by Crippen LogP contribution is 2.14. The zero-order valence-corrected chi connectivity index (χ0v) is 11.4. The molecule has 3 N–H and O–H groups in total. The van der Waals surface area contributed by atoms with Crippen LogP contribution < -0.4 is 10.6 Å². The predicted molar refractivity (Wildman–Crippen MR) is 73.2 cm³/mol. The molecule has 0 spiro atoms. The van der Waals surface area contributed by atoms with E-state index >= 15 is 0 Å². The van der Waals surface area contributed by atoms with Gasteiger partial charge in [-0.3, -0.25) is 0 Å². The summed E-state index contributed by atoms with van der Waals surface area (Å²) in [6, 6.07) is 5.76. The van der Waals surface area contributed by atoms with Crippen LogP contribution in [0.4, 0.5) is 4.79 Å². The number of nitrogens with one attached hydrogen (secondary N) is 2. The standard InChI is InChI=1S/C13H17ClN2O3/c1-2-5-11(12(17)18)16-13(19)15-8-9-6-3-4-7-10(9)14/h3-4,6-7,11H,2,5,8H2,1H3,(H,17,18)(H2,15,16,19)/t11-/m1/s1. The third-order valence-corrected chi connectivity index (χ3v) is 2.95. The minimum atomic E-state index is -1.03. The van der Waals surface area contributed by atoms with Gasteiger partial charge in [0.1, 0.15) is 6.04 Å². The lowest BCUT2D eigenvalue weighted by molar-refractivity contribution is -0.139. The van der Waals surface area contributed by atoms with Crippen LogP contribution in [0.2, 0.25) is 5.02 Å². The van der Waals surface area contributed by atoms with Crippen molar-refractivity contribution in [3.05, 3.63) is 34.9 Å². The molecule has 1 aromatic carbocycles. The molecule has 0 saturated heterocycles. The van der Waals surface area contributed by atoms with Crippen molar-refractivity contribution in [3.63, 3.8) is 0 Å². The van der Waals surface area contributed by atoms with Crippen molar-refractivity contribution >= 4 is 23.6 Å². The van der Waals surface area contributed by atoms with E-state index < -0.39 is 18.0 Å². The van der Waals surface area contributed by atoms with E-state index in [4.69, 9.17) is 16.7 Å². The van der Waals surface area contributed by atoms with E-state index in [1.165, 1.54) is 0 Å². The van der Waals surface area contributed by atoms with Crippen LogP contribution in [0.5, 0.6) is 0 Å². The van der Waals surface area contributed by atoms with Gasteiger partial charge in [-0.05, 0) is 18.1 Å². The van der Waals surface area contributed by atoms with Crippen molar-refractivity contribution in [2.45, 2.75) is 32.4 Å². The molecule has 2 amide bonds. The predicted octanol–water partition coefficient (Wildman–Crippen LogP) is 2.39. The summed E-state index contributed by atoms with van der Waals surface area (Å²) >= 11 is 5.95. The molecule has 19 heavy (non-hydrogen) atoms. The topological polar surface area (TPSA) is 78.4 Å². The molecule has 0 radical (unpaired) electrons.